The van der Waals surface area contributed by atoms with E-state index in [1.807, 2.05) is 13.8 Å². The molecule has 0 saturated carbocycles. The van der Waals surface area contributed by atoms with Crippen LogP contribution in [0.25, 0.3) is 0 Å². The fraction of sp³-hybridized carbons (Fsp3) is 0.250. The standard InChI is InChI=1S/C20H21FN4O3S3/c1-13(2)29-20-24-23-19(30-20)22-18(26)14-8-10-16(11-9-14)25(31(3,27)28)12-15-6-4-5-7-17(15)21/h4-11,13H,12H2,1-3H3,(H,22,23,26). The second kappa shape index (κ2) is 9.75. The average molecular weight is 481 g/mol. The molecular weight excluding hydrogens is 459 g/mol. The Kier molecular flexibility index (Phi) is 7.29. The number of carbonyl (C=O) groups is 1. The summed E-state index contributed by atoms with van der Waals surface area (Å²) in [6.45, 7) is 3.92. The first kappa shape index (κ1) is 23.2. The molecule has 1 heterocycles. The van der Waals surface area contributed by atoms with Gasteiger partial charge in [-0.25, -0.2) is 12.8 Å². The minimum atomic E-state index is -3.67. The lowest BCUT2D eigenvalue weighted by molar-refractivity contribution is 0.102. The first-order valence-corrected chi connectivity index (χ1v) is 12.8. The van der Waals surface area contributed by atoms with E-state index in [-0.39, 0.29) is 18.0 Å². The van der Waals surface area contributed by atoms with E-state index in [9.17, 15) is 17.6 Å². The molecule has 0 radical (unpaired) electrons. The number of sulfonamides is 1. The van der Waals surface area contributed by atoms with Crippen LogP contribution in [0.3, 0.4) is 0 Å². The molecule has 0 aliphatic heterocycles. The van der Waals surface area contributed by atoms with Crippen LogP contribution in [-0.2, 0) is 16.6 Å². The van der Waals surface area contributed by atoms with Crippen molar-refractivity contribution in [3.8, 4) is 0 Å². The highest BCUT2D eigenvalue weighted by Crippen LogP contribution is 2.29. The smallest absolute Gasteiger partial charge is 0.257 e. The van der Waals surface area contributed by atoms with Crippen molar-refractivity contribution in [3.05, 3.63) is 65.5 Å². The van der Waals surface area contributed by atoms with Crippen molar-refractivity contribution < 1.29 is 17.6 Å². The Bertz CT molecular complexity index is 1160. The van der Waals surface area contributed by atoms with Crippen LogP contribution in [-0.4, -0.2) is 36.0 Å². The summed E-state index contributed by atoms with van der Waals surface area (Å²) < 4.78 is 40.5. The molecule has 0 aliphatic rings. The summed E-state index contributed by atoms with van der Waals surface area (Å²) in [5, 5.41) is 11.4. The second-order valence-corrected chi connectivity index (χ2v) is 11.6. The summed E-state index contributed by atoms with van der Waals surface area (Å²) in [5.41, 5.74) is 0.909. The molecule has 0 aliphatic carbocycles. The van der Waals surface area contributed by atoms with E-state index in [4.69, 9.17) is 0 Å². The summed E-state index contributed by atoms with van der Waals surface area (Å²) in [6, 6.07) is 12.0. The minimum absolute atomic E-state index is 0.155. The number of nitrogens with one attached hydrogen (secondary N) is 1. The van der Waals surface area contributed by atoms with E-state index in [0.717, 1.165) is 14.9 Å². The van der Waals surface area contributed by atoms with Gasteiger partial charge >= 0.3 is 0 Å². The number of rotatable bonds is 8. The molecule has 1 amide bonds. The molecule has 31 heavy (non-hydrogen) atoms. The van der Waals surface area contributed by atoms with Gasteiger partial charge in [0.25, 0.3) is 5.91 Å². The number of carbonyl (C=O) groups excluding carboxylic acids is 1. The molecular formula is C20H21FN4O3S3. The highest BCUT2D eigenvalue weighted by Gasteiger charge is 2.20. The summed E-state index contributed by atoms with van der Waals surface area (Å²) in [4.78, 5) is 12.5. The molecule has 1 aromatic heterocycles. The van der Waals surface area contributed by atoms with E-state index < -0.39 is 15.8 Å². The third-order valence-electron chi connectivity index (χ3n) is 4.05. The molecule has 164 valence electrons. The van der Waals surface area contributed by atoms with Gasteiger partial charge in [-0.3, -0.25) is 14.4 Å². The van der Waals surface area contributed by atoms with Gasteiger partial charge < -0.3 is 0 Å². The maximum atomic E-state index is 14.0. The quantitative estimate of drug-likeness (QED) is 0.380. The predicted molar refractivity (Wildman–Crippen MR) is 123 cm³/mol. The maximum Gasteiger partial charge on any atom is 0.257 e. The van der Waals surface area contributed by atoms with Crippen LogP contribution < -0.4 is 9.62 Å². The SMILES string of the molecule is CC(C)Sc1nnc(NC(=O)c2ccc(N(Cc3ccccc3F)S(C)(=O)=O)cc2)s1. The Morgan fingerprint density at radius 1 is 1.16 bits per heavy atom. The number of anilines is 2. The van der Waals surface area contributed by atoms with Crippen LogP contribution in [0.15, 0.2) is 52.9 Å². The Hall–Kier alpha value is -2.50. The number of nitrogens with zero attached hydrogens (tertiary/aromatic N) is 3. The Morgan fingerprint density at radius 2 is 1.84 bits per heavy atom. The molecule has 11 heteroatoms. The highest BCUT2D eigenvalue weighted by molar-refractivity contribution is 8.01. The van der Waals surface area contributed by atoms with E-state index in [0.29, 0.717) is 21.6 Å². The van der Waals surface area contributed by atoms with Crippen molar-refractivity contribution in [1.82, 2.24) is 10.2 Å². The molecule has 0 atom stereocenters. The zero-order chi connectivity index (χ0) is 22.6. The van der Waals surface area contributed by atoms with Gasteiger partial charge in [-0.2, -0.15) is 0 Å². The van der Waals surface area contributed by atoms with E-state index in [2.05, 4.69) is 15.5 Å². The van der Waals surface area contributed by atoms with Crippen LogP contribution in [0, 0.1) is 5.82 Å². The van der Waals surface area contributed by atoms with Gasteiger partial charge in [0.05, 0.1) is 18.5 Å². The molecule has 2 aromatic carbocycles. The Labute approximate surface area is 188 Å². The second-order valence-electron chi connectivity index (χ2n) is 6.90. The van der Waals surface area contributed by atoms with Gasteiger partial charge in [0.2, 0.25) is 15.2 Å². The average Bonchev–Trinajstić information content (AvgIpc) is 3.12. The first-order chi connectivity index (χ1) is 14.6. The molecule has 0 bridgehead atoms. The van der Waals surface area contributed by atoms with Gasteiger partial charge in [0.15, 0.2) is 4.34 Å². The van der Waals surface area contributed by atoms with Crippen molar-refractivity contribution >= 4 is 49.8 Å². The van der Waals surface area contributed by atoms with Crippen LogP contribution >= 0.6 is 23.1 Å². The van der Waals surface area contributed by atoms with Crippen molar-refractivity contribution in [2.75, 3.05) is 15.9 Å². The van der Waals surface area contributed by atoms with E-state index >= 15 is 0 Å². The number of hydrogen-bond donors (Lipinski definition) is 1. The summed E-state index contributed by atoms with van der Waals surface area (Å²) in [6.07, 6.45) is 1.05. The van der Waals surface area contributed by atoms with Gasteiger partial charge in [0.1, 0.15) is 5.82 Å². The van der Waals surface area contributed by atoms with Crippen molar-refractivity contribution in [2.24, 2.45) is 0 Å². The fourth-order valence-electron chi connectivity index (χ4n) is 2.64. The van der Waals surface area contributed by atoms with Crippen LogP contribution in [0.2, 0.25) is 0 Å². The van der Waals surface area contributed by atoms with Gasteiger partial charge in [-0.05, 0) is 30.3 Å². The Balaban J connectivity index is 1.76. The molecule has 3 aromatic rings. The predicted octanol–water partition coefficient (Wildman–Crippen LogP) is 4.40. The lowest BCUT2D eigenvalue weighted by atomic mass is 10.1. The number of aromatic nitrogens is 2. The highest BCUT2D eigenvalue weighted by atomic mass is 32.2. The maximum absolute atomic E-state index is 14.0. The van der Waals surface area contributed by atoms with Crippen LogP contribution in [0.1, 0.15) is 29.8 Å². The number of hydrogen-bond acceptors (Lipinski definition) is 7. The lowest BCUT2D eigenvalue weighted by Crippen LogP contribution is -2.29. The first-order valence-electron chi connectivity index (χ1n) is 9.26. The number of benzene rings is 2. The molecule has 0 fully saturated rings. The van der Waals surface area contributed by atoms with Gasteiger partial charge in [0, 0.05) is 16.4 Å². The molecule has 0 unspecified atom stereocenters. The molecule has 0 saturated heterocycles. The molecule has 0 spiro atoms. The monoisotopic (exact) mass is 480 g/mol. The fourth-order valence-corrected chi connectivity index (χ4v) is 5.49. The van der Waals surface area contributed by atoms with Crippen molar-refractivity contribution in [3.63, 3.8) is 0 Å². The Morgan fingerprint density at radius 3 is 2.45 bits per heavy atom. The van der Waals surface area contributed by atoms with Gasteiger partial charge in [-0.15, -0.1) is 10.2 Å². The minimum Gasteiger partial charge on any atom is -0.296 e. The lowest BCUT2D eigenvalue weighted by Gasteiger charge is -2.23. The van der Waals surface area contributed by atoms with Crippen molar-refractivity contribution in [2.45, 2.75) is 30.0 Å². The molecule has 3 rings (SSSR count). The molecule has 7 nitrogen and oxygen atoms in total. The zero-order valence-corrected chi connectivity index (χ0v) is 19.5. The zero-order valence-electron chi connectivity index (χ0n) is 17.1. The topological polar surface area (TPSA) is 92.3 Å². The summed E-state index contributed by atoms with van der Waals surface area (Å²) >= 11 is 2.84. The number of amides is 1. The van der Waals surface area contributed by atoms with E-state index in [1.165, 1.54) is 47.7 Å². The number of halogens is 1. The summed E-state index contributed by atoms with van der Waals surface area (Å²) in [7, 11) is -3.67. The molecule has 1 N–H and O–H groups in total. The van der Waals surface area contributed by atoms with Crippen LogP contribution in [0.5, 0.6) is 0 Å². The van der Waals surface area contributed by atoms with Crippen LogP contribution in [0.4, 0.5) is 15.2 Å². The third kappa shape index (κ3) is 6.25. The summed E-state index contributed by atoms with van der Waals surface area (Å²) in [5.74, 6) is -0.872. The normalized spacial score (nSPS) is 11.5. The van der Waals surface area contributed by atoms with Gasteiger partial charge in [-0.1, -0.05) is 55.1 Å². The largest absolute Gasteiger partial charge is 0.296 e. The van der Waals surface area contributed by atoms with Crippen molar-refractivity contribution in [1.29, 1.82) is 0 Å². The van der Waals surface area contributed by atoms with E-state index in [1.54, 1.807) is 23.9 Å². The number of thioether (sulfide) groups is 1. The third-order valence-corrected chi connectivity index (χ3v) is 7.12.